The molecule has 4 rings (SSSR count). The first kappa shape index (κ1) is 18.2. The third kappa shape index (κ3) is 3.74. The average Bonchev–Trinajstić information content (AvgIpc) is 3.27. The van der Waals surface area contributed by atoms with Crippen LogP contribution in [0, 0.1) is 13.8 Å². The van der Waals surface area contributed by atoms with Gasteiger partial charge in [-0.2, -0.15) is 5.10 Å². The molecule has 3 aromatic rings. The predicted octanol–water partition coefficient (Wildman–Crippen LogP) is 1.56. The smallest absolute Gasteiger partial charge is 0.275 e. The number of hydrogen-bond acceptors (Lipinski definition) is 6. The van der Waals surface area contributed by atoms with Crippen LogP contribution in [0.25, 0.3) is 10.9 Å². The predicted molar refractivity (Wildman–Crippen MR) is 103 cm³/mol. The number of nitrogens with zero attached hydrogens (tertiary/aromatic N) is 4. The number of H-pyrrole nitrogens is 1. The van der Waals surface area contributed by atoms with Gasteiger partial charge in [0.15, 0.2) is 11.5 Å². The van der Waals surface area contributed by atoms with E-state index in [1.54, 1.807) is 17.9 Å². The number of rotatable bonds is 4. The van der Waals surface area contributed by atoms with E-state index in [4.69, 9.17) is 4.52 Å². The van der Waals surface area contributed by atoms with Gasteiger partial charge >= 0.3 is 0 Å². The lowest BCUT2D eigenvalue weighted by Crippen LogP contribution is -2.50. The van der Waals surface area contributed by atoms with Crippen molar-refractivity contribution in [2.45, 2.75) is 13.8 Å². The molecule has 1 saturated heterocycles. The molecule has 0 aliphatic carbocycles. The number of fused-ring (bicyclic) bond motifs is 1. The Morgan fingerprint density at radius 1 is 1.18 bits per heavy atom. The number of aromatic nitrogens is 3. The summed E-state index contributed by atoms with van der Waals surface area (Å²) < 4.78 is 4.94. The number of amides is 2. The van der Waals surface area contributed by atoms with Crippen LogP contribution in [-0.4, -0.2) is 69.7 Å². The van der Waals surface area contributed by atoms with Gasteiger partial charge in [-0.15, -0.1) is 0 Å². The summed E-state index contributed by atoms with van der Waals surface area (Å²) in [4.78, 5) is 28.8. The first-order chi connectivity index (χ1) is 13.5. The van der Waals surface area contributed by atoms with Crippen LogP contribution in [0.3, 0.4) is 0 Å². The van der Waals surface area contributed by atoms with Gasteiger partial charge in [0.05, 0.1) is 12.1 Å². The number of aryl methyl sites for hydroxylation is 2. The van der Waals surface area contributed by atoms with E-state index >= 15 is 0 Å². The van der Waals surface area contributed by atoms with Gasteiger partial charge in [-0.05, 0) is 26.0 Å². The SMILES string of the molecule is Cc1ccc2[nH]nc(C(=O)N3CCN(CC(=O)Nc4cc(C)on4)CC3)c2c1. The lowest BCUT2D eigenvalue weighted by molar-refractivity contribution is -0.117. The molecule has 146 valence electrons. The first-order valence-corrected chi connectivity index (χ1v) is 9.19. The van der Waals surface area contributed by atoms with Crippen molar-refractivity contribution in [2.75, 3.05) is 38.0 Å². The number of anilines is 1. The minimum atomic E-state index is -0.151. The number of aromatic amines is 1. The summed E-state index contributed by atoms with van der Waals surface area (Å²) in [7, 11) is 0. The molecule has 1 aliphatic heterocycles. The zero-order valence-electron chi connectivity index (χ0n) is 15.9. The zero-order chi connectivity index (χ0) is 19.7. The van der Waals surface area contributed by atoms with Crippen LogP contribution in [0.2, 0.25) is 0 Å². The van der Waals surface area contributed by atoms with Crippen LogP contribution in [0.4, 0.5) is 5.82 Å². The first-order valence-electron chi connectivity index (χ1n) is 9.19. The van der Waals surface area contributed by atoms with Crippen molar-refractivity contribution >= 4 is 28.5 Å². The van der Waals surface area contributed by atoms with E-state index in [9.17, 15) is 9.59 Å². The minimum absolute atomic E-state index is 0.0842. The van der Waals surface area contributed by atoms with Gasteiger partial charge < -0.3 is 14.7 Å². The maximum atomic E-state index is 12.9. The molecule has 2 amide bonds. The van der Waals surface area contributed by atoms with Crippen molar-refractivity contribution in [1.29, 1.82) is 0 Å². The van der Waals surface area contributed by atoms with E-state index in [1.165, 1.54) is 0 Å². The van der Waals surface area contributed by atoms with Gasteiger partial charge in [0, 0.05) is 37.6 Å². The van der Waals surface area contributed by atoms with Crippen LogP contribution in [-0.2, 0) is 4.79 Å². The highest BCUT2D eigenvalue weighted by molar-refractivity contribution is 6.04. The summed E-state index contributed by atoms with van der Waals surface area (Å²) in [5.41, 5.74) is 2.39. The van der Waals surface area contributed by atoms with Crippen LogP contribution in [0.1, 0.15) is 21.8 Å². The van der Waals surface area contributed by atoms with Crippen LogP contribution in [0.15, 0.2) is 28.8 Å². The van der Waals surface area contributed by atoms with Crippen LogP contribution < -0.4 is 5.32 Å². The highest BCUT2D eigenvalue weighted by Crippen LogP contribution is 2.19. The maximum Gasteiger partial charge on any atom is 0.275 e. The molecule has 0 saturated carbocycles. The van der Waals surface area contributed by atoms with Gasteiger partial charge in [0.2, 0.25) is 5.91 Å². The van der Waals surface area contributed by atoms with Crippen LogP contribution >= 0.6 is 0 Å². The fraction of sp³-hybridized carbons (Fsp3) is 0.368. The molecule has 0 bridgehead atoms. The van der Waals surface area contributed by atoms with Gasteiger partial charge in [-0.1, -0.05) is 16.8 Å². The number of carbonyl (C=O) groups excluding carboxylic acids is 2. The summed E-state index contributed by atoms with van der Waals surface area (Å²) in [6, 6.07) is 7.56. The number of carbonyl (C=O) groups is 2. The van der Waals surface area contributed by atoms with Gasteiger partial charge in [-0.3, -0.25) is 19.6 Å². The van der Waals surface area contributed by atoms with Gasteiger partial charge in [0.25, 0.3) is 5.91 Å². The molecule has 2 aromatic heterocycles. The molecule has 3 heterocycles. The Hall–Kier alpha value is -3.20. The third-order valence-electron chi connectivity index (χ3n) is 4.84. The fourth-order valence-corrected chi connectivity index (χ4v) is 3.36. The van der Waals surface area contributed by atoms with Crippen molar-refractivity contribution in [3.63, 3.8) is 0 Å². The summed E-state index contributed by atoms with van der Waals surface area (Å²) in [6.07, 6.45) is 0. The van der Waals surface area contributed by atoms with Gasteiger partial charge in [0.1, 0.15) is 5.76 Å². The Morgan fingerprint density at radius 2 is 1.96 bits per heavy atom. The summed E-state index contributed by atoms with van der Waals surface area (Å²) in [5, 5.41) is 14.4. The van der Waals surface area contributed by atoms with Crippen molar-refractivity contribution in [3.05, 3.63) is 41.3 Å². The quantitative estimate of drug-likeness (QED) is 0.709. The number of piperazine rings is 1. The molecule has 0 unspecified atom stereocenters. The van der Waals surface area contributed by atoms with Crippen molar-refractivity contribution in [2.24, 2.45) is 0 Å². The van der Waals surface area contributed by atoms with E-state index in [-0.39, 0.29) is 18.4 Å². The monoisotopic (exact) mass is 382 g/mol. The highest BCUT2D eigenvalue weighted by Gasteiger charge is 2.26. The molecular formula is C19H22N6O3. The summed E-state index contributed by atoms with van der Waals surface area (Å²) in [6.45, 7) is 6.35. The molecule has 2 N–H and O–H groups in total. The number of hydrogen-bond donors (Lipinski definition) is 2. The lowest BCUT2D eigenvalue weighted by atomic mass is 10.1. The Kier molecular flexibility index (Phi) is 4.82. The fourth-order valence-electron chi connectivity index (χ4n) is 3.36. The largest absolute Gasteiger partial charge is 0.360 e. The number of benzene rings is 1. The zero-order valence-corrected chi connectivity index (χ0v) is 15.9. The molecule has 0 radical (unpaired) electrons. The summed E-state index contributed by atoms with van der Waals surface area (Å²) in [5.74, 6) is 0.821. The Bertz CT molecular complexity index is 1020. The van der Waals surface area contributed by atoms with E-state index in [0.717, 1.165) is 16.5 Å². The van der Waals surface area contributed by atoms with E-state index in [0.29, 0.717) is 43.5 Å². The van der Waals surface area contributed by atoms with E-state index < -0.39 is 0 Å². The standard InChI is InChI=1S/C19H22N6O3/c1-12-3-4-15-14(9-12)18(22-21-15)19(27)25-7-5-24(6-8-25)11-17(26)20-16-10-13(2)28-23-16/h3-4,9-10H,5-8,11H2,1-2H3,(H,21,22)(H,20,23,26). The Balaban J connectivity index is 1.33. The van der Waals surface area contributed by atoms with Crippen LogP contribution in [0.5, 0.6) is 0 Å². The van der Waals surface area contributed by atoms with Gasteiger partial charge in [-0.25, -0.2) is 0 Å². The second kappa shape index (κ2) is 7.43. The maximum absolute atomic E-state index is 12.9. The third-order valence-corrected chi connectivity index (χ3v) is 4.84. The molecule has 0 spiro atoms. The molecule has 9 heteroatoms. The van der Waals surface area contributed by atoms with E-state index in [1.807, 2.05) is 30.0 Å². The van der Waals surface area contributed by atoms with Crippen molar-refractivity contribution in [3.8, 4) is 0 Å². The van der Waals surface area contributed by atoms with Crippen molar-refractivity contribution in [1.82, 2.24) is 25.2 Å². The molecule has 9 nitrogen and oxygen atoms in total. The Morgan fingerprint density at radius 3 is 2.68 bits per heavy atom. The van der Waals surface area contributed by atoms with Crippen molar-refractivity contribution < 1.29 is 14.1 Å². The molecule has 28 heavy (non-hydrogen) atoms. The second-order valence-corrected chi connectivity index (χ2v) is 7.06. The second-order valence-electron chi connectivity index (χ2n) is 7.06. The molecule has 0 atom stereocenters. The molecule has 1 aromatic carbocycles. The molecule has 1 aliphatic rings. The van der Waals surface area contributed by atoms with E-state index in [2.05, 4.69) is 20.7 Å². The topological polar surface area (TPSA) is 107 Å². The summed E-state index contributed by atoms with van der Waals surface area (Å²) >= 11 is 0. The Labute approximate surface area is 161 Å². The highest BCUT2D eigenvalue weighted by atomic mass is 16.5. The average molecular weight is 382 g/mol. The normalized spacial score (nSPS) is 15.1. The minimum Gasteiger partial charge on any atom is -0.360 e. The molecular weight excluding hydrogens is 360 g/mol. The molecule has 1 fully saturated rings. The number of nitrogens with one attached hydrogen (secondary N) is 2. The lowest BCUT2D eigenvalue weighted by Gasteiger charge is -2.33.